The van der Waals surface area contributed by atoms with Crippen LogP contribution in [-0.2, 0) is 23.8 Å². The first kappa shape index (κ1) is 15.0. The molecule has 2 fully saturated rings. The van der Waals surface area contributed by atoms with E-state index < -0.39 is 17.4 Å². The van der Waals surface area contributed by atoms with Crippen molar-refractivity contribution in [1.82, 2.24) is 0 Å². The highest BCUT2D eigenvalue weighted by molar-refractivity contribution is 6.01. The van der Waals surface area contributed by atoms with Crippen molar-refractivity contribution in [1.29, 1.82) is 0 Å². The van der Waals surface area contributed by atoms with Crippen molar-refractivity contribution < 1.29 is 23.8 Å². The Morgan fingerprint density at radius 3 is 2.35 bits per heavy atom. The smallest absolute Gasteiger partial charge is 0.323 e. The molecule has 1 heterocycles. The molecule has 1 aliphatic carbocycles. The molecule has 1 aliphatic heterocycles. The molecule has 0 unspecified atom stereocenters. The van der Waals surface area contributed by atoms with E-state index in [1.165, 1.54) is 14.2 Å². The van der Waals surface area contributed by atoms with Crippen LogP contribution in [0.5, 0.6) is 0 Å². The number of carbonyl (C=O) groups excluding carboxylic acids is 2. The zero-order valence-corrected chi connectivity index (χ0v) is 12.4. The van der Waals surface area contributed by atoms with Gasteiger partial charge in [-0.1, -0.05) is 12.2 Å². The Morgan fingerprint density at radius 2 is 1.90 bits per heavy atom. The minimum atomic E-state index is -1.26. The van der Waals surface area contributed by atoms with Crippen LogP contribution < -0.4 is 0 Å². The summed E-state index contributed by atoms with van der Waals surface area (Å²) in [5.74, 6) is -1.12. The fraction of sp³-hybridized carbons (Fsp3) is 0.733. The minimum Gasteiger partial charge on any atom is -0.468 e. The Labute approximate surface area is 119 Å². The molecule has 5 nitrogen and oxygen atoms in total. The van der Waals surface area contributed by atoms with Crippen molar-refractivity contribution in [2.45, 2.75) is 38.2 Å². The maximum absolute atomic E-state index is 12.1. The molecule has 0 aromatic carbocycles. The molecule has 0 spiro atoms. The van der Waals surface area contributed by atoms with Gasteiger partial charge in [-0.3, -0.25) is 9.59 Å². The molecular formula is C15H22O5. The van der Waals surface area contributed by atoms with Crippen LogP contribution in [0.2, 0.25) is 0 Å². The summed E-state index contributed by atoms with van der Waals surface area (Å²) in [5, 5.41) is 0. The molecule has 0 bridgehead atoms. The average Bonchev–Trinajstić information content (AvgIpc) is 3.02. The third-order valence-electron chi connectivity index (χ3n) is 4.71. The number of carbonyl (C=O) groups is 2. The summed E-state index contributed by atoms with van der Waals surface area (Å²) < 4.78 is 15.5. The van der Waals surface area contributed by atoms with Gasteiger partial charge < -0.3 is 14.2 Å². The molecule has 2 rings (SSSR count). The molecule has 0 aromatic heterocycles. The normalized spacial score (nSPS) is 32.1. The van der Waals surface area contributed by atoms with E-state index in [-0.39, 0.29) is 17.9 Å². The lowest BCUT2D eigenvalue weighted by Gasteiger charge is -2.32. The Hall–Kier alpha value is -1.36. The van der Waals surface area contributed by atoms with Gasteiger partial charge in [-0.2, -0.15) is 0 Å². The van der Waals surface area contributed by atoms with Crippen molar-refractivity contribution >= 4 is 11.9 Å². The molecule has 1 saturated heterocycles. The van der Waals surface area contributed by atoms with Gasteiger partial charge in [0.2, 0.25) is 0 Å². The monoisotopic (exact) mass is 282 g/mol. The second kappa shape index (κ2) is 5.20. The van der Waals surface area contributed by atoms with Gasteiger partial charge >= 0.3 is 11.9 Å². The van der Waals surface area contributed by atoms with Gasteiger partial charge in [-0.15, -0.1) is 0 Å². The molecule has 20 heavy (non-hydrogen) atoms. The van der Waals surface area contributed by atoms with E-state index in [1.807, 2.05) is 6.92 Å². The van der Waals surface area contributed by atoms with E-state index in [4.69, 9.17) is 14.2 Å². The second-order valence-electron chi connectivity index (χ2n) is 5.92. The fourth-order valence-corrected chi connectivity index (χ4v) is 3.58. The predicted octanol–water partition coefficient (Wildman–Crippen LogP) is 1.85. The van der Waals surface area contributed by atoms with Crippen LogP contribution in [0.15, 0.2) is 12.2 Å². The van der Waals surface area contributed by atoms with Crippen molar-refractivity contribution in [3.63, 3.8) is 0 Å². The van der Waals surface area contributed by atoms with Gasteiger partial charge in [-0.25, -0.2) is 0 Å². The lowest BCUT2D eigenvalue weighted by atomic mass is 9.79. The molecule has 2 aliphatic rings. The van der Waals surface area contributed by atoms with Gasteiger partial charge in [-0.05, 0) is 32.6 Å². The molecular weight excluding hydrogens is 260 g/mol. The lowest BCUT2D eigenvalue weighted by molar-refractivity contribution is -0.169. The van der Waals surface area contributed by atoms with Crippen LogP contribution in [0, 0.1) is 11.3 Å². The van der Waals surface area contributed by atoms with E-state index in [0.717, 1.165) is 18.4 Å². The van der Waals surface area contributed by atoms with Crippen LogP contribution in [0.3, 0.4) is 0 Å². The van der Waals surface area contributed by atoms with Crippen molar-refractivity contribution in [3.05, 3.63) is 12.2 Å². The molecule has 1 saturated carbocycles. The van der Waals surface area contributed by atoms with Crippen molar-refractivity contribution in [2.75, 3.05) is 20.8 Å². The van der Waals surface area contributed by atoms with Crippen LogP contribution in [-0.4, -0.2) is 38.4 Å². The van der Waals surface area contributed by atoms with Crippen LogP contribution in [0.25, 0.3) is 0 Å². The summed E-state index contributed by atoms with van der Waals surface area (Å²) in [5.41, 5.74) is -0.744. The van der Waals surface area contributed by atoms with Gasteiger partial charge in [0.1, 0.15) is 0 Å². The van der Waals surface area contributed by atoms with E-state index >= 15 is 0 Å². The van der Waals surface area contributed by atoms with Gasteiger partial charge in [0.15, 0.2) is 5.41 Å². The highest BCUT2D eigenvalue weighted by Gasteiger charge is 2.59. The number of ether oxygens (including phenoxy) is 3. The average molecular weight is 282 g/mol. The largest absolute Gasteiger partial charge is 0.468 e. The molecule has 0 N–H and O–H groups in total. The molecule has 2 atom stereocenters. The number of hydrogen-bond acceptors (Lipinski definition) is 5. The Kier molecular flexibility index (Phi) is 3.91. The van der Waals surface area contributed by atoms with Gasteiger partial charge in [0, 0.05) is 12.5 Å². The number of hydrogen-bond donors (Lipinski definition) is 0. The number of rotatable bonds is 3. The summed E-state index contributed by atoms with van der Waals surface area (Å²) in [7, 11) is 2.58. The highest BCUT2D eigenvalue weighted by atomic mass is 16.5. The van der Waals surface area contributed by atoms with Crippen LogP contribution in [0.4, 0.5) is 0 Å². The third-order valence-corrected chi connectivity index (χ3v) is 4.71. The number of methoxy groups -OCH3 is 2. The van der Waals surface area contributed by atoms with Crippen LogP contribution in [0.1, 0.15) is 32.6 Å². The molecule has 0 radical (unpaired) electrons. The standard InChI is InChI=1S/C15H22O5/c1-10-8-15(12(16)18-3,13(17)19-4)9-11(10)14(2)6-5-7-20-14/h11H,1,5-9H2,2-4H3/t11-,14-/m0/s1. The Morgan fingerprint density at radius 1 is 1.30 bits per heavy atom. The van der Waals surface area contributed by atoms with Gasteiger partial charge in [0.05, 0.1) is 19.8 Å². The molecule has 5 heteroatoms. The van der Waals surface area contributed by atoms with E-state index in [9.17, 15) is 9.59 Å². The SMILES string of the molecule is C=C1CC(C(=O)OC)(C(=O)OC)C[C@@H]1[C@]1(C)CCCO1. The molecule has 112 valence electrons. The summed E-state index contributed by atoms with van der Waals surface area (Å²) in [6.07, 6.45) is 2.52. The summed E-state index contributed by atoms with van der Waals surface area (Å²) in [6.45, 7) is 6.80. The fourth-order valence-electron chi connectivity index (χ4n) is 3.58. The van der Waals surface area contributed by atoms with Crippen LogP contribution >= 0.6 is 0 Å². The Balaban J connectivity index is 2.32. The quantitative estimate of drug-likeness (QED) is 0.449. The van der Waals surface area contributed by atoms with E-state index in [2.05, 4.69) is 6.58 Å². The maximum Gasteiger partial charge on any atom is 0.323 e. The zero-order valence-electron chi connectivity index (χ0n) is 12.4. The highest BCUT2D eigenvalue weighted by Crippen LogP contribution is 2.53. The molecule has 0 amide bonds. The topological polar surface area (TPSA) is 61.8 Å². The minimum absolute atomic E-state index is 0.0248. The van der Waals surface area contributed by atoms with E-state index in [1.54, 1.807) is 0 Å². The van der Waals surface area contributed by atoms with Crippen molar-refractivity contribution in [2.24, 2.45) is 11.3 Å². The Bertz CT molecular complexity index is 418. The number of esters is 2. The zero-order chi connectivity index (χ0) is 15.0. The first-order chi connectivity index (χ1) is 9.39. The summed E-state index contributed by atoms with van der Waals surface area (Å²) >= 11 is 0. The van der Waals surface area contributed by atoms with Crippen molar-refractivity contribution in [3.8, 4) is 0 Å². The summed E-state index contributed by atoms with van der Waals surface area (Å²) in [6, 6.07) is 0. The predicted molar refractivity (Wildman–Crippen MR) is 71.9 cm³/mol. The summed E-state index contributed by atoms with van der Waals surface area (Å²) in [4.78, 5) is 24.3. The molecule has 0 aromatic rings. The maximum atomic E-state index is 12.1. The van der Waals surface area contributed by atoms with Gasteiger partial charge in [0.25, 0.3) is 0 Å². The first-order valence-corrected chi connectivity index (χ1v) is 6.88. The van der Waals surface area contributed by atoms with E-state index in [0.29, 0.717) is 13.0 Å². The third kappa shape index (κ3) is 2.14. The first-order valence-electron chi connectivity index (χ1n) is 6.88. The second-order valence-corrected chi connectivity index (χ2v) is 5.92. The lowest BCUT2D eigenvalue weighted by Crippen LogP contribution is -2.41.